The Hall–Kier alpha value is -1.35. The minimum atomic E-state index is -0.829. The van der Waals surface area contributed by atoms with Gasteiger partial charge in [-0.25, -0.2) is 0 Å². The molecule has 0 unspecified atom stereocenters. The maximum atomic E-state index is 10.9. The molecule has 0 spiro atoms. The summed E-state index contributed by atoms with van der Waals surface area (Å²) in [6, 6.07) is 9.11. The molecule has 0 saturated heterocycles. The van der Waals surface area contributed by atoms with Crippen LogP contribution in [0.25, 0.3) is 0 Å². The van der Waals surface area contributed by atoms with E-state index >= 15 is 0 Å². The van der Waals surface area contributed by atoms with Crippen LogP contribution in [0.15, 0.2) is 30.3 Å². The van der Waals surface area contributed by atoms with Gasteiger partial charge in [0.25, 0.3) is 0 Å². The highest BCUT2D eigenvalue weighted by molar-refractivity contribution is 5.75. The Morgan fingerprint density at radius 1 is 1.29 bits per heavy atom. The molecule has 1 rings (SSSR count). The molecular weight excluding hydrogens is 180 g/mol. The number of carboxylic acids is 1. The lowest BCUT2D eigenvalue weighted by Gasteiger charge is -2.11. The monoisotopic (exact) mass is 194 g/mol. The van der Waals surface area contributed by atoms with Gasteiger partial charge < -0.3 is 10.2 Å². The Kier molecular flexibility index (Phi) is 4.13. The average molecular weight is 194 g/mol. The number of carboxylic acid groups (broad SMARTS) is 1. The van der Waals surface area contributed by atoms with Crippen LogP contribution in [0.5, 0.6) is 0 Å². The van der Waals surface area contributed by atoms with Crippen LogP contribution in [0.2, 0.25) is 0 Å². The van der Waals surface area contributed by atoms with E-state index in [9.17, 15) is 4.79 Å². The molecule has 2 N–H and O–H groups in total. The van der Waals surface area contributed by atoms with Crippen molar-refractivity contribution in [2.45, 2.75) is 18.8 Å². The van der Waals surface area contributed by atoms with Gasteiger partial charge >= 0.3 is 5.97 Å². The molecule has 0 amide bonds. The van der Waals surface area contributed by atoms with Gasteiger partial charge in [0.15, 0.2) is 0 Å². The molecule has 1 atom stereocenters. The SMILES string of the molecule is O=C(O)[C@@H](CCCO)c1ccccc1. The fourth-order valence-corrected chi connectivity index (χ4v) is 1.41. The van der Waals surface area contributed by atoms with Crippen LogP contribution in [-0.4, -0.2) is 22.8 Å². The van der Waals surface area contributed by atoms with E-state index < -0.39 is 11.9 Å². The zero-order chi connectivity index (χ0) is 10.4. The first kappa shape index (κ1) is 10.7. The zero-order valence-electron chi connectivity index (χ0n) is 7.89. The summed E-state index contributed by atoms with van der Waals surface area (Å²) in [5, 5.41) is 17.6. The highest BCUT2D eigenvalue weighted by Gasteiger charge is 2.18. The molecule has 0 fully saturated rings. The number of hydrogen-bond acceptors (Lipinski definition) is 2. The highest BCUT2D eigenvalue weighted by Crippen LogP contribution is 2.20. The Balaban J connectivity index is 2.73. The molecule has 0 radical (unpaired) electrons. The van der Waals surface area contributed by atoms with E-state index in [0.717, 1.165) is 5.56 Å². The molecule has 0 aromatic heterocycles. The third kappa shape index (κ3) is 2.85. The smallest absolute Gasteiger partial charge is 0.310 e. The number of hydrogen-bond donors (Lipinski definition) is 2. The topological polar surface area (TPSA) is 57.5 Å². The summed E-state index contributed by atoms with van der Waals surface area (Å²) in [4.78, 5) is 10.9. The number of aliphatic hydroxyl groups excluding tert-OH is 1. The van der Waals surface area contributed by atoms with Gasteiger partial charge in [0.2, 0.25) is 0 Å². The molecule has 3 heteroatoms. The largest absolute Gasteiger partial charge is 0.481 e. The molecule has 1 aromatic rings. The van der Waals surface area contributed by atoms with E-state index in [1.807, 2.05) is 18.2 Å². The second-order valence-corrected chi connectivity index (χ2v) is 3.17. The van der Waals surface area contributed by atoms with Crippen LogP contribution in [0.1, 0.15) is 24.3 Å². The molecule has 76 valence electrons. The maximum absolute atomic E-state index is 10.9. The Labute approximate surface area is 83.0 Å². The Morgan fingerprint density at radius 3 is 2.43 bits per heavy atom. The third-order valence-corrected chi connectivity index (χ3v) is 2.15. The van der Waals surface area contributed by atoms with Gasteiger partial charge in [0, 0.05) is 6.61 Å². The minimum absolute atomic E-state index is 0.0383. The molecule has 0 aliphatic heterocycles. The summed E-state index contributed by atoms with van der Waals surface area (Å²) in [5.74, 6) is -1.33. The quantitative estimate of drug-likeness (QED) is 0.749. The summed E-state index contributed by atoms with van der Waals surface area (Å²) in [7, 11) is 0. The molecule has 0 aliphatic carbocycles. The van der Waals surface area contributed by atoms with Crippen molar-refractivity contribution in [2.24, 2.45) is 0 Å². The van der Waals surface area contributed by atoms with Gasteiger partial charge in [0.05, 0.1) is 5.92 Å². The van der Waals surface area contributed by atoms with Crippen LogP contribution in [0.3, 0.4) is 0 Å². The first-order valence-corrected chi connectivity index (χ1v) is 4.64. The molecule has 0 saturated carbocycles. The summed E-state index contributed by atoms with van der Waals surface area (Å²) in [6.07, 6.45) is 1.00. The summed E-state index contributed by atoms with van der Waals surface area (Å²) < 4.78 is 0. The molecule has 0 aliphatic rings. The Bertz CT molecular complexity index is 282. The van der Waals surface area contributed by atoms with Crippen LogP contribution in [0, 0.1) is 0 Å². The number of benzene rings is 1. The fraction of sp³-hybridized carbons (Fsp3) is 0.364. The van der Waals surface area contributed by atoms with Crippen molar-refractivity contribution in [3.63, 3.8) is 0 Å². The number of aliphatic carboxylic acids is 1. The van der Waals surface area contributed by atoms with E-state index in [4.69, 9.17) is 10.2 Å². The van der Waals surface area contributed by atoms with E-state index in [1.165, 1.54) is 0 Å². The van der Waals surface area contributed by atoms with Gasteiger partial charge in [0.1, 0.15) is 0 Å². The average Bonchev–Trinajstić information content (AvgIpc) is 2.19. The first-order chi connectivity index (χ1) is 6.75. The highest BCUT2D eigenvalue weighted by atomic mass is 16.4. The van der Waals surface area contributed by atoms with E-state index in [-0.39, 0.29) is 6.61 Å². The van der Waals surface area contributed by atoms with E-state index in [0.29, 0.717) is 12.8 Å². The van der Waals surface area contributed by atoms with Crippen molar-refractivity contribution in [1.82, 2.24) is 0 Å². The van der Waals surface area contributed by atoms with Gasteiger partial charge in [-0.1, -0.05) is 30.3 Å². The van der Waals surface area contributed by atoms with E-state index in [2.05, 4.69) is 0 Å². The lowest BCUT2D eigenvalue weighted by Crippen LogP contribution is -2.12. The van der Waals surface area contributed by atoms with E-state index in [1.54, 1.807) is 12.1 Å². The number of carbonyl (C=O) groups is 1. The molecule has 0 bridgehead atoms. The molecule has 3 nitrogen and oxygen atoms in total. The van der Waals surface area contributed by atoms with Crippen molar-refractivity contribution in [1.29, 1.82) is 0 Å². The van der Waals surface area contributed by atoms with Crippen LogP contribution >= 0.6 is 0 Å². The second-order valence-electron chi connectivity index (χ2n) is 3.17. The second kappa shape index (κ2) is 5.40. The van der Waals surface area contributed by atoms with Crippen LogP contribution in [0.4, 0.5) is 0 Å². The predicted molar refractivity (Wildman–Crippen MR) is 53.1 cm³/mol. The minimum Gasteiger partial charge on any atom is -0.481 e. The maximum Gasteiger partial charge on any atom is 0.310 e. The van der Waals surface area contributed by atoms with Crippen molar-refractivity contribution in [2.75, 3.05) is 6.61 Å². The van der Waals surface area contributed by atoms with Gasteiger partial charge in [-0.15, -0.1) is 0 Å². The molecular formula is C11H14O3. The molecule has 1 aromatic carbocycles. The van der Waals surface area contributed by atoms with Crippen LogP contribution in [-0.2, 0) is 4.79 Å². The molecule has 14 heavy (non-hydrogen) atoms. The Morgan fingerprint density at radius 2 is 1.93 bits per heavy atom. The van der Waals surface area contributed by atoms with Crippen LogP contribution < -0.4 is 0 Å². The number of aliphatic hydroxyl groups is 1. The first-order valence-electron chi connectivity index (χ1n) is 4.64. The summed E-state index contributed by atoms with van der Waals surface area (Å²) in [5.41, 5.74) is 0.799. The van der Waals surface area contributed by atoms with Gasteiger partial charge in [-0.05, 0) is 18.4 Å². The fourth-order valence-electron chi connectivity index (χ4n) is 1.41. The normalized spacial score (nSPS) is 12.4. The number of rotatable bonds is 5. The third-order valence-electron chi connectivity index (χ3n) is 2.15. The summed E-state index contributed by atoms with van der Waals surface area (Å²) in [6.45, 7) is 0.0383. The van der Waals surface area contributed by atoms with Crippen molar-refractivity contribution in [3.8, 4) is 0 Å². The zero-order valence-corrected chi connectivity index (χ0v) is 7.89. The van der Waals surface area contributed by atoms with Gasteiger partial charge in [-0.3, -0.25) is 4.79 Å². The standard InChI is InChI=1S/C11H14O3/c12-8-4-7-10(11(13)14)9-5-2-1-3-6-9/h1-3,5-6,10,12H,4,7-8H2,(H,13,14)/t10-/m0/s1. The molecule has 0 heterocycles. The predicted octanol–water partition coefficient (Wildman–Crippen LogP) is 1.63. The lowest BCUT2D eigenvalue weighted by atomic mass is 9.95. The van der Waals surface area contributed by atoms with Crippen molar-refractivity contribution >= 4 is 5.97 Å². The van der Waals surface area contributed by atoms with Crippen molar-refractivity contribution < 1.29 is 15.0 Å². The summed E-state index contributed by atoms with van der Waals surface area (Å²) >= 11 is 0. The van der Waals surface area contributed by atoms with Crippen molar-refractivity contribution in [3.05, 3.63) is 35.9 Å². The lowest BCUT2D eigenvalue weighted by molar-refractivity contribution is -0.139. The van der Waals surface area contributed by atoms with Gasteiger partial charge in [-0.2, -0.15) is 0 Å².